The van der Waals surface area contributed by atoms with Crippen LogP contribution >= 0.6 is 0 Å². The van der Waals surface area contributed by atoms with Crippen molar-refractivity contribution in [3.63, 3.8) is 0 Å². The second-order valence-electron chi connectivity index (χ2n) is 16.3. The predicted octanol–water partition coefficient (Wildman–Crippen LogP) is 2.45. The highest BCUT2D eigenvalue weighted by atomic mass is 16.2. The second kappa shape index (κ2) is 16.1. The van der Waals surface area contributed by atoms with Crippen LogP contribution in [0.15, 0.2) is 17.4 Å². The van der Waals surface area contributed by atoms with Gasteiger partial charge in [-0.1, -0.05) is 59.8 Å². The number of carbonyl (C=O) groups is 6. The van der Waals surface area contributed by atoms with Gasteiger partial charge in [0.15, 0.2) is 5.66 Å². The number of carbonyl (C=O) groups excluding carboxylic acids is 6. The lowest BCUT2D eigenvalue weighted by Gasteiger charge is -2.43. The number of ketones is 1. The van der Waals surface area contributed by atoms with Crippen molar-refractivity contribution < 1.29 is 28.8 Å². The maximum atomic E-state index is 14.7. The van der Waals surface area contributed by atoms with Crippen LogP contribution in [0.25, 0.3) is 0 Å². The fraction of sp³-hybridized carbons (Fsp3) is 0.757. The number of rotatable bonds is 15. The summed E-state index contributed by atoms with van der Waals surface area (Å²) in [5, 5.41) is 14.8. The topological polar surface area (TPSA) is 178 Å². The Balaban J connectivity index is 1.41. The molecule has 0 aromatic rings. The van der Waals surface area contributed by atoms with Crippen molar-refractivity contribution in [1.82, 2.24) is 31.5 Å². The van der Waals surface area contributed by atoms with Crippen LogP contribution in [0.2, 0.25) is 0 Å². The van der Waals surface area contributed by atoms with Crippen LogP contribution in [0, 0.1) is 29.1 Å². The van der Waals surface area contributed by atoms with Gasteiger partial charge in [0.05, 0.1) is 18.2 Å². The summed E-state index contributed by atoms with van der Waals surface area (Å²) in [5.74, 6) is -3.24. The number of amides is 5. The maximum Gasteiger partial charge on any atom is 0.289 e. The zero-order valence-electron chi connectivity index (χ0n) is 30.2. The molecule has 0 aromatic carbocycles. The number of nitrogens with zero attached hydrogens (tertiary/aromatic N) is 2. The standard InChI is InChI=1S/C37H57N7O6/c1-5-10-27(31(46)34(49)41-25-15-16-25)42-33(48)30-26-14-9-13-24(26)20-44(30)35(50)28(19-36(2,3)4)43-32(47)29(23-11-7-6-8-12-23)37(40-22-45)21-38-17-18-39-37/h17-18,21-30,39H,5-16,19-20H2,1-4H3,(H,40,45)(H,41,49)(H,42,48)(H,43,47)/t24-,26+,27-,28-,29-,30-,37+/m0/s1. The van der Waals surface area contributed by atoms with Crippen LogP contribution < -0.4 is 26.6 Å². The molecule has 5 amide bonds. The van der Waals surface area contributed by atoms with E-state index in [2.05, 4.69) is 31.6 Å². The van der Waals surface area contributed by atoms with Gasteiger partial charge in [-0.2, -0.15) is 0 Å². The lowest BCUT2D eigenvalue weighted by atomic mass is 9.73. The SMILES string of the molecule is CCC[C@H](NC(=O)[C@@H]1[C@@H]2CCC[C@H]2CN1C(=O)[C@H](CC(C)(C)C)NC(=O)[C@H](C1CCCCC1)[C@]1(NC=O)C=NC=CN1)C(=O)C(=O)NC1CC1. The smallest absolute Gasteiger partial charge is 0.289 e. The molecule has 3 saturated carbocycles. The van der Waals surface area contributed by atoms with Gasteiger partial charge in [0.2, 0.25) is 29.9 Å². The van der Waals surface area contributed by atoms with Gasteiger partial charge in [-0.3, -0.25) is 33.8 Å². The van der Waals surface area contributed by atoms with Crippen LogP contribution in [0.1, 0.15) is 111 Å². The summed E-state index contributed by atoms with van der Waals surface area (Å²) in [5.41, 5.74) is -1.63. The highest BCUT2D eigenvalue weighted by molar-refractivity contribution is 6.38. The highest BCUT2D eigenvalue weighted by Gasteiger charge is 2.53. The predicted molar refractivity (Wildman–Crippen MR) is 188 cm³/mol. The Bertz CT molecular complexity index is 1350. The van der Waals surface area contributed by atoms with Crippen LogP contribution in [0.3, 0.4) is 0 Å². The molecule has 5 N–H and O–H groups in total. The van der Waals surface area contributed by atoms with Crippen molar-refractivity contribution in [3.8, 4) is 0 Å². The molecule has 0 unspecified atom stereocenters. The van der Waals surface area contributed by atoms with Crippen molar-refractivity contribution in [2.75, 3.05) is 6.54 Å². The summed E-state index contributed by atoms with van der Waals surface area (Å²) in [7, 11) is 0. The Kier molecular flexibility index (Phi) is 12.0. The molecule has 0 aromatic heterocycles. The zero-order chi connectivity index (χ0) is 36.1. The molecular formula is C37H57N7O6. The molecule has 0 bridgehead atoms. The average Bonchev–Trinajstić information content (AvgIpc) is 3.64. The summed E-state index contributed by atoms with van der Waals surface area (Å²) < 4.78 is 0. The quantitative estimate of drug-likeness (QED) is 0.129. The number of fused-ring (bicyclic) bond motifs is 1. The van der Waals surface area contributed by atoms with Crippen LogP contribution in [-0.2, 0) is 28.8 Å². The molecule has 276 valence electrons. The van der Waals surface area contributed by atoms with E-state index in [9.17, 15) is 28.8 Å². The minimum atomic E-state index is -1.27. The van der Waals surface area contributed by atoms with E-state index in [0.717, 1.165) is 64.2 Å². The Morgan fingerprint density at radius 2 is 1.72 bits per heavy atom. The monoisotopic (exact) mass is 695 g/mol. The molecule has 0 spiro atoms. The van der Waals surface area contributed by atoms with E-state index in [4.69, 9.17) is 0 Å². The minimum Gasteiger partial charge on any atom is -0.362 e. The van der Waals surface area contributed by atoms with Gasteiger partial charge < -0.3 is 31.5 Å². The molecule has 50 heavy (non-hydrogen) atoms. The van der Waals surface area contributed by atoms with Gasteiger partial charge in [-0.05, 0) is 74.5 Å². The largest absolute Gasteiger partial charge is 0.362 e. The molecule has 1 saturated heterocycles. The number of hydrogen-bond acceptors (Lipinski definition) is 8. The fourth-order valence-electron chi connectivity index (χ4n) is 8.71. The van der Waals surface area contributed by atoms with Crippen molar-refractivity contribution in [1.29, 1.82) is 0 Å². The lowest BCUT2D eigenvalue weighted by Crippen LogP contribution is -2.68. The highest BCUT2D eigenvalue weighted by Crippen LogP contribution is 2.43. The molecule has 7 atom stereocenters. The lowest BCUT2D eigenvalue weighted by molar-refractivity contribution is -0.145. The number of aliphatic imine (C=N–C) groups is 1. The summed E-state index contributed by atoms with van der Waals surface area (Å²) in [6, 6.07) is -2.72. The van der Waals surface area contributed by atoms with E-state index in [1.807, 2.05) is 27.7 Å². The Morgan fingerprint density at radius 3 is 2.34 bits per heavy atom. The first-order valence-electron chi connectivity index (χ1n) is 18.8. The molecular weight excluding hydrogens is 638 g/mol. The summed E-state index contributed by atoms with van der Waals surface area (Å²) in [6.07, 6.45) is 15.4. The van der Waals surface area contributed by atoms with Gasteiger partial charge >= 0.3 is 0 Å². The third-order valence-corrected chi connectivity index (χ3v) is 11.2. The third kappa shape index (κ3) is 8.74. The molecule has 5 rings (SSSR count). The number of nitrogens with one attached hydrogen (secondary N) is 5. The van der Waals surface area contributed by atoms with E-state index in [0.29, 0.717) is 32.2 Å². The molecule has 3 aliphatic carbocycles. The van der Waals surface area contributed by atoms with E-state index in [1.54, 1.807) is 23.5 Å². The Labute approximate surface area is 296 Å². The first-order valence-corrected chi connectivity index (χ1v) is 18.8. The fourth-order valence-corrected chi connectivity index (χ4v) is 8.71. The van der Waals surface area contributed by atoms with E-state index >= 15 is 0 Å². The molecule has 0 radical (unpaired) electrons. The van der Waals surface area contributed by atoms with Crippen molar-refractivity contribution in [2.24, 2.45) is 34.1 Å². The normalized spacial score (nSPS) is 28.1. The summed E-state index contributed by atoms with van der Waals surface area (Å²) in [4.78, 5) is 87.2. The van der Waals surface area contributed by atoms with Gasteiger partial charge in [0, 0.05) is 25.0 Å². The number of likely N-dealkylation sites (tertiary alicyclic amines) is 1. The Hall–Kier alpha value is -3.77. The van der Waals surface area contributed by atoms with Gasteiger partial charge in [-0.25, -0.2) is 0 Å². The molecule has 13 nitrogen and oxygen atoms in total. The third-order valence-electron chi connectivity index (χ3n) is 11.2. The van der Waals surface area contributed by atoms with E-state index < -0.39 is 47.3 Å². The second-order valence-corrected chi connectivity index (χ2v) is 16.3. The van der Waals surface area contributed by atoms with Crippen LogP contribution in [-0.4, -0.2) is 83.3 Å². The van der Waals surface area contributed by atoms with E-state index in [-0.39, 0.29) is 41.0 Å². The van der Waals surface area contributed by atoms with Crippen molar-refractivity contribution >= 4 is 42.0 Å². The molecule has 4 fully saturated rings. The first-order chi connectivity index (χ1) is 23.9. The first kappa shape index (κ1) is 37.5. The van der Waals surface area contributed by atoms with Crippen molar-refractivity contribution in [3.05, 3.63) is 12.4 Å². The summed E-state index contributed by atoms with van der Waals surface area (Å²) >= 11 is 0. The van der Waals surface area contributed by atoms with Crippen LogP contribution in [0.4, 0.5) is 0 Å². The van der Waals surface area contributed by atoms with Crippen LogP contribution in [0.5, 0.6) is 0 Å². The van der Waals surface area contributed by atoms with E-state index in [1.165, 1.54) is 0 Å². The maximum absolute atomic E-state index is 14.7. The molecule has 2 heterocycles. The molecule has 5 aliphatic rings. The molecule has 2 aliphatic heterocycles. The minimum absolute atomic E-state index is 0.0148. The van der Waals surface area contributed by atoms with Gasteiger partial charge in [0.1, 0.15) is 12.1 Å². The number of Topliss-reactive ketones (excluding diaryl/α,β-unsaturated/α-hetero) is 1. The van der Waals surface area contributed by atoms with Gasteiger partial charge in [-0.15, -0.1) is 0 Å². The molecule has 13 heteroatoms. The van der Waals surface area contributed by atoms with Crippen molar-refractivity contribution in [2.45, 2.75) is 141 Å². The zero-order valence-corrected chi connectivity index (χ0v) is 30.2. The average molecular weight is 696 g/mol. The Morgan fingerprint density at radius 1 is 0.980 bits per heavy atom. The summed E-state index contributed by atoms with van der Waals surface area (Å²) in [6.45, 7) is 8.29. The number of hydrogen-bond donors (Lipinski definition) is 5. The van der Waals surface area contributed by atoms with Gasteiger partial charge in [0.25, 0.3) is 5.91 Å².